The molecule has 0 aliphatic heterocycles. The summed E-state index contributed by atoms with van der Waals surface area (Å²) >= 11 is 3.12. The molecule has 15 heavy (non-hydrogen) atoms. The van der Waals surface area contributed by atoms with Crippen molar-refractivity contribution in [1.82, 2.24) is 9.78 Å². The van der Waals surface area contributed by atoms with Crippen molar-refractivity contribution >= 4 is 26.8 Å². The van der Waals surface area contributed by atoms with Crippen LogP contribution in [0.5, 0.6) is 0 Å². The van der Waals surface area contributed by atoms with Crippen molar-refractivity contribution in [2.45, 2.75) is 6.18 Å². The van der Waals surface area contributed by atoms with Crippen molar-refractivity contribution in [2.24, 2.45) is 7.05 Å². The van der Waals surface area contributed by atoms with Gasteiger partial charge >= 0.3 is 6.18 Å². The van der Waals surface area contributed by atoms with Crippen LogP contribution >= 0.6 is 15.9 Å². The smallest absolute Gasteiger partial charge is 0.266 e. The second-order valence-electron chi connectivity index (χ2n) is 3.11. The molecule has 0 saturated carbocycles. The summed E-state index contributed by atoms with van der Waals surface area (Å²) in [6, 6.07) is 4.02. The third kappa shape index (κ3) is 1.62. The molecule has 0 amide bonds. The molecule has 0 bridgehead atoms. The van der Waals surface area contributed by atoms with Gasteiger partial charge in [-0.1, -0.05) is 6.07 Å². The van der Waals surface area contributed by atoms with Crippen LogP contribution in [-0.2, 0) is 13.2 Å². The molecule has 0 aliphatic rings. The van der Waals surface area contributed by atoms with Crippen LogP contribution < -0.4 is 0 Å². The predicted octanol–water partition coefficient (Wildman–Crippen LogP) is 3.35. The van der Waals surface area contributed by atoms with Crippen LogP contribution in [0, 0.1) is 0 Å². The SMILES string of the molecule is Cn1nc(Br)c2cccc(C(F)(F)F)c21. The molecular formula is C9H6BrF3N2. The number of alkyl halides is 3. The molecule has 0 spiro atoms. The molecule has 0 radical (unpaired) electrons. The van der Waals surface area contributed by atoms with Gasteiger partial charge in [0.15, 0.2) is 0 Å². The Morgan fingerprint density at radius 3 is 2.60 bits per heavy atom. The maximum atomic E-state index is 12.7. The van der Waals surface area contributed by atoms with Gasteiger partial charge in [0.05, 0.1) is 11.1 Å². The van der Waals surface area contributed by atoms with Crippen LogP contribution in [0.15, 0.2) is 22.8 Å². The van der Waals surface area contributed by atoms with Gasteiger partial charge < -0.3 is 0 Å². The first-order valence-corrected chi connectivity index (χ1v) is 4.89. The number of hydrogen-bond donors (Lipinski definition) is 0. The highest BCUT2D eigenvalue weighted by molar-refractivity contribution is 9.10. The third-order valence-corrected chi connectivity index (χ3v) is 2.71. The monoisotopic (exact) mass is 278 g/mol. The highest BCUT2D eigenvalue weighted by Gasteiger charge is 2.34. The maximum Gasteiger partial charge on any atom is 0.418 e. The minimum Gasteiger partial charge on any atom is -0.266 e. The number of nitrogens with zero attached hydrogens (tertiary/aromatic N) is 2. The van der Waals surface area contributed by atoms with Crippen LogP contribution in [0.3, 0.4) is 0 Å². The second-order valence-corrected chi connectivity index (χ2v) is 3.87. The van der Waals surface area contributed by atoms with Gasteiger partial charge in [-0.05, 0) is 28.1 Å². The highest BCUT2D eigenvalue weighted by atomic mass is 79.9. The number of hydrogen-bond acceptors (Lipinski definition) is 1. The van der Waals surface area contributed by atoms with E-state index in [1.807, 2.05) is 0 Å². The molecule has 2 rings (SSSR count). The van der Waals surface area contributed by atoms with E-state index in [2.05, 4.69) is 21.0 Å². The fourth-order valence-corrected chi connectivity index (χ4v) is 2.08. The molecule has 80 valence electrons. The Morgan fingerprint density at radius 1 is 1.33 bits per heavy atom. The topological polar surface area (TPSA) is 17.8 Å². The molecule has 2 aromatic rings. The van der Waals surface area contributed by atoms with Crippen LogP contribution in [0.4, 0.5) is 13.2 Å². The molecule has 6 heteroatoms. The Labute approximate surface area is 91.8 Å². The summed E-state index contributed by atoms with van der Waals surface area (Å²) < 4.78 is 39.6. The standard InChI is InChI=1S/C9H6BrF3N2/c1-15-7-5(8(10)14-15)3-2-4-6(7)9(11,12)13/h2-4H,1H3. The van der Waals surface area contributed by atoms with Crippen LogP contribution in [0.25, 0.3) is 10.9 Å². The van der Waals surface area contributed by atoms with E-state index in [9.17, 15) is 13.2 Å². The number of aromatic nitrogens is 2. The Balaban J connectivity index is 2.87. The molecule has 0 fully saturated rings. The van der Waals surface area contributed by atoms with Gasteiger partial charge in [0.2, 0.25) is 0 Å². The number of rotatable bonds is 0. The van der Waals surface area contributed by atoms with Crippen molar-refractivity contribution in [3.8, 4) is 0 Å². The van der Waals surface area contributed by atoms with E-state index in [4.69, 9.17) is 0 Å². The molecule has 1 heterocycles. The quantitative estimate of drug-likeness (QED) is 0.723. The first-order valence-electron chi connectivity index (χ1n) is 4.09. The Hall–Kier alpha value is -1.04. The van der Waals surface area contributed by atoms with Gasteiger partial charge in [0.1, 0.15) is 4.60 Å². The second kappa shape index (κ2) is 3.23. The van der Waals surface area contributed by atoms with Crippen LogP contribution in [-0.4, -0.2) is 9.78 Å². The molecule has 1 aromatic carbocycles. The summed E-state index contributed by atoms with van der Waals surface area (Å²) in [5, 5.41) is 4.36. The number of halogens is 4. The van der Waals surface area contributed by atoms with E-state index in [0.29, 0.717) is 9.99 Å². The van der Waals surface area contributed by atoms with E-state index in [-0.39, 0.29) is 5.52 Å². The maximum absolute atomic E-state index is 12.7. The van der Waals surface area contributed by atoms with Crippen LogP contribution in [0.1, 0.15) is 5.56 Å². The molecule has 0 aliphatic carbocycles. The van der Waals surface area contributed by atoms with Gasteiger partial charge in [0, 0.05) is 12.4 Å². The highest BCUT2D eigenvalue weighted by Crippen LogP contribution is 2.36. The third-order valence-electron chi connectivity index (χ3n) is 2.13. The fourth-order valence-electron chi connectivity index (χ4n) is 1.52. The van der Waals surface area contributed by atoms with Crippen molar-refractivity contribution in [3.05, 3.63) is 28.4 Å². The van der Waals surface area contributed by atoms with Gasteiger partial charge in [0.25, 0.3) is 0 Å². The van der Waals surface area contributed by atoms with E-state index >= 15 is 0 Å². The average Bonchev–Trinajstić information content (AvgIpc) is 2.41. The summed E-state index contributed by atoms with van der Waals surface area (Å²) in [6.45, 7) is 0. The minimum absolute atomic E-state index is 0.0943. The molecule has 0 unspecified atom stereocenters. The molecule has 1 aromatic heterocycles. The van der Waals surface area contributed by atoms with E-state index in [1.165, 1.54) is 17.8 Å². The molecule has 0 N–H and O–H groups in total. The Bertz CT molecular complexity index is 516. The van der Waals surface area contributed by atoms with E-state index in [0.717, 1.165) is 6.07 Å². The number of aryl methyl sites for hydroxylation is 1. The zero-order chi connectivity index (χ0) is 11.2. The van der Waals surface area contributed by atoms with Crippen molar-refractivity contribution in [3.63, 3.8) is 0 Å². The summed E-state index contributed by atoms with van der Waals surface area (Å²) in [5.41, 5.74) is -0.572. The van der Waals surface area contributed by atoms with Gasteiger partial charge in [-0.15, -0.1) is 0 Å². The number of para-hydroxylation sites is 1. The Morgan fingerprint density at radius 2 is 2.00 bits per heavy atom. The predicted molar refractivity (Wildman–Crippen MR) is 53.4 cm³/mol. The Kier molecular flexibility index (Phi) is 2.26. The summed E-state index contributed by atoms with van der Waals surface area (Å²) in [6.07, 6.45) is -4.35. The van der Waals surface area contributed by atoms with Crippen LogP contribution in [0.2, 0.25) is 0 Å². The van der Waals surface area contributed by atoms with Gasteiger partial charge in [-0.2, -0.15) is 18.3 Å². The minimum atomic E-state index is -4.35. The summed E-state index contributed by atoms with van der Waals surface area (Å²) in [7, 11) is 1.49. The van der Waals surface area contributed by atoms with E-state index < -0.39 is 11.7 Å². The summed E-state index contributed by atoms with van der Waals surface area (Å²) in [4.78, 5) is 0. The lowest BCUT2D eigenvalue weighted by Crippen LogP contribution is -2.07. The van der Waals surface area contributed by atoms with E-state index in [1.54, 1.807) is 6.07 Å². The van der Waals surface area contributed by atoms with Gasteiger partial charge in [-0.25, -0.2) is 0 Å². The molecule has 2 nitrogen and oxygen atoms in total. The normalized spacial score (nSPS) is 12.3. The van der Waals surface area contributed by atoms with Crippen molar-refractivity contribution in [2.75, 3.05) is 0 Å². The van der Waals surface area contributed by atoms with Crippen molar-refractivity contribution < 1.29 is 13.2 Å². The number of benzene rings is 1. The summed E-state index contributed by atoms with van der Waals surface area (Å²) in [5.74, 6) is 0. The lowest BCUT2D eigenvalue weighted by atomic mass is 10.1. The van der Waals surface area contributed by atoms with Gasteiger partial charge in [-0.3, -0.25) is 4.68 Å². The van der Waals surface area contributed by atoms with Crippen molar-refractivity contribution in [1.29, 1.82) is 0 Å². The lowest BCUT2D eigenvalue weighted by Gasteiger charge is -2.08. The fraction of sp³-hybridized carbons (Fsp3) is 0.222. The largest absolute Gasteiger partial charge is 0.418 e. The first-order chi connectivity index (χ1) is 6.91. The first kappa shape index (κ1) is 10.5. The lowest BCUT2D eigenvalue weighted by molar-refractivity contribution is -0.136. The molecule has 0 atom stereocenters. The zero-order valence-electron chi connectivity index (χ0n) is 7.64. The number of fused-ring (bicyclic) bond motifs is 1. The zero-order valence-corrected chi connectivity index (χ0v) is 9.22. The average molecular weight is 279 g/mol. The molecular weight excluding hydrogens is 273 g/mol. The molecule has 0 saturated heterocycles.